The Balaban J connectivity index is 4.29. The number of halogens is 3. The third-order valence-electron chi connectivity index (χ3n) is 2.12. The highest BCUT2D eigenvalue weighted by Crippen LogP contribution is 2.21. The van der Waals surface area contributed by atoms with Crippen molar-refractivity contribution in [2.75, 3.05) is 0 Å². The lowest BCUT2D eigenvalue weighted by atomic mass is 10.3. The van der Waals surface area contributed by atoms with Crippen LogP contribution in [-0.4, -0.2) is 25.8 Å². The van der Waals surface area contributed by atoms with Crippen LogP contribution in [0.15, 0.2) is 0 Å². The monoisotopic (exact) mass is 275 g/mol. The second kappa shape index (κ2) is 6.23. The van der Waals surface area contributed by atoms with Crippen molar-refractivity contribution in [3.63, 3.8) is 0 Å². The van der Waals surface area contributed by atoms with Crippen LogP contribution < -0.4 is 4.72 Å². The van der Waals surface area contributed by atoms with Crippen molar-refractivity contribution in [1.29, 1.82) is 0 Å². The molecule has 0 bridgehead atoms. The molecule has 0 saturated carbocycles. The Morgan fingerprint density at radius 2 is 1.88 bits per heavy atom. The average Bonchev–Trinajstić information content (AvgIpc) is 2.13. The second-order valence-electron chi connectivity index (χ2n) is 3.78. The lowest BCUT2D eigenvalue weighted by Crippen LogP contribution is -2.37. The third kappa shape index (κ3) is 7.19. The molecule has 0 aromatic rings. The predicted molar refractivity (Wildman–Crippen MR) is 56.7 cm³/mol. The van der Waals surface area contributed by atoms with Gasteiger partial charge in [-0.3, -0.25) is 9.52 Å². The summed E-state index contributed by atoms with van der Waals surface area (Å²) in [5.74, 6) is -1.12. The van der Waals surface area contributed by atoms with E-state index in [2.05, 4.69) is 0 Å². The van der Waals surface area contributed by atoms with Crippen LogP contribution in [0.4, 0.5) is 13.2 Å². The van der Waals surface area contributed by atoms with Gasteiger partial charge in [0.15, 0.2) is 0 Å². The first kappa shape index (κ1) is 16.2. The van der Waals surface area contributed by atoms with Gasteiger partial charge in [-0.05, 0) is 13.3 Å². The van der Waals surface area contributed by atoms with Gasteiger partial charge in [0.2, 0.25) is 15.9 Å². The molecule has 0 spiro atoms. The predicted octanol–water partition coefficient (Wildman–Crippen LogP) is 1.96. The van der Waals surface area contributed by atoms with Crippen molar-refractivity contribution in [1.82, 2.24) is 4.72 Å². The van der Waals surface area contributed by atoms with Gasteiger partial charge in [0.05, 0.1) is 11.7 Å². The van der Waals surface area contributed by atoms with Gasteiger partial charge in [0.25, 0.3) is 0 Å². The first-order valence-corrected chi connectivity index (χ1v) is 6.74. The van der Waals surface area contributed by atoms with Crippen LogP contribution in [0.25, 0.3) is 0 Å². The minimum Gasteiger partial charge on any atom is -0.274 e. The Morgan fingerprint density at radius 1 is 1.35 bits per heavy atom. The van der Waals surface area contributed by atoms with Crippen LogP contribution in [0.2, 0.25) is 0 Å². The maximum Gasteiger partial charge on any atom is 0.389 e. The van der Waals surface area contributed by atoms with E-state index in [4.69, 9.17) is 0 Å². The Labute approximate surface area is 98.6 Å². The maximum absolute atomic E-state index is 11.8. The van der Waals surface area contributed by atoms with E-state index in [1.165, 1.54) is 6.92 Å². The zero-order valence-corrected chi connectivity index (χ0v) is 10.5. The van der Waals surface area contributed by atoms with E-state index in [9.17, 15) is 26.4 Å². The quantitative estimate of drug-likeness (QED) is 0.806. The Kier molecular flexibility index (Phi) is 5.94. The Hall–Kier alpha value is -0.790. The van der Waals surface area contributed by atoms with Crippen molar-refractivity contribution in [3.8, 4) is 0 Å². The van der Waals surface area contributed by atoms with E-state index in [0.717, 1.165) is 0 Å². The number of carbonyl (C=O) groups excluding carboxylic acids is 1. The molecule has 1 atom stereocenters. The summed E-state index contributed by atoms with van der Waals surface area (Å²) in [5.41, 5.74) is 0. The average molecular weight is 275 g/mol. The summed E-state index contributed by atoms with van der Waals surface area (Å²) >= 11 is 0. The first-order valence-electron chi connectivity index (χ1n) is 5.19. The summed E-state index contributed by atoms with van der Waals surface area (Å²) in [6.07, 6.45) is -5.70. The van der Waals surface area contributed by atoms with E-state index < -0.39 is 40.2 Å². The first-order chi connectivity index (χ1) is 7.58. The summed E-state index contributed by atoms with van der Waals surface area (Å²) in [5, 5.41) is -0.790. The minimum atomic E-state index is -4.46. The summed E-state index contributed by atoms with van der Waals surface area (Å²) in [7, 11) is -3.86. The third-order valence-corrected chi connectivity index (χ3v) is 3.92. The molecule has 0 saturated heterocycles. The summed E-state index contributed by atoms with van der Waals surface area (Å²) in [6.45, 7) is 3.18. The molecule has 8 heteroatoms. The smallest absolute Gasteiger partial charge is 0.274 e. The molecule has 0 aliphatic heterocycles. The zero-order valence-electron chi connectivity index (χ0n) is 9.67. The number of hydrogen-bond donors (Lipinski definition) is 1. The molecule has 0 unspecified atom stereocenters. The van der Waals surface area contributed by atoms with Crippen molar-refractivity contribution in [2.45, 2.75) is 51.0 Å². The number of hydrogen-bond acceptors (Lipinski definition) is 3. The van der Waals surface area contributed by atoms with Crippen LogP contribution in [0.1, 0.15) is 39.5 Å². The van der Waals surface area contributed by atoms with Gasteiger partial charge in [0, 0.05) is 6.42 Å². The van der Waals surface area contributed by atoms with Gasteiger partial charge < -0.3 is 0 Å². The molecule has 0 aliphatic carbocycles. The lowest BCUT2D eigenvalue weighted by Gasteiger charge is -2.13. The van der Waals surface area contributed by atoms with Crippen LogP contribution in [0.5, 0.6) is 0 Å². The Morgan fingerprint density at radius 3 is 2.29 bits per heavy atom. The van der Waals surface area contributed by atoms with Gasteiger partial charge >= 0.3 is 6.18 Å². The fraction of sp³-hybridized carbons (Fsp3) is 0.889. The van der Waals surface area contributed by atoms with E-state index in [1.807, 2.05) is 0 Å². The molecule has 4 nitrogen and oxygen atoms in total. The highest BCUT2D eigenvalue weighted by molar-refractivity contribution is 7.90. The highest BCUT2D eigenvalue weighted by atomic mass is 32.2. The van der Waals surface area contributed by atoms with Gasteiger partial charge in [-0.2, -0.15) is 13.2 Å². The molecule has 0 heterocycles. The van der Waals surface area contributed by atoms with Gasteiger partial charge in [-0.1, -0.05) is 13.3 Å². The number of sulfonamides is 1. The van der Waals surface area contributed by atoms with Gasteiger partial charge in [-0.25, -0.2) is 8.42 Å². The van der Waals surface area contributed by atoms with Gasteiger partial charge in [0.1, 0.15) is 0 Å². The molecule has 0 aromatic heterocycles. The molecule has 0 fully saturated rings. The zero-order chi connectivity index (χ0) is 13.7. The normalized spacial score (nSPS) is 14.4. The minimum absolute atomic E-state index is 0.349. The molecular weight excluding hydrogens is 259 g/mol. The molecular formula is C9H16F3NO3S. The van der Waals surface area contributed by atoms with Crippen LogP contribution in [0.3, 0.4) is 0 Å². The molecule has 102 valence electrons. The highest BCUT2D eigenvalue weighted by Gasteiger charge is 2.29. The van der Waals surface area contributed by atoms with E-state index in [1.54, 1.807) is 11.6 Å². The molecule has 0 rings (SSSR count). The maximum atomic E-state index is 11.8. The molecule has 0 radical (unpaired) electrons. The number of carbonyl (C=O) groups is 1. The molecule has 0 aromatic carbocycles. The summed E-state index contributed by atoms with van der Waals surface area (Å²) in [4.78, 5) is 11.0. The topological polar surface area (TPSA) is 63.2 Å². The van der Waals surface area contributed by atoms with Crippen molar-refractivity contribution >= 4 is 15.9 Å². The van der Waals surface area contributed by atoms with E-state index >= 15 is 0 Å². The molecule has 17 heavy (non-hydrogen) atoms. The fourth-order valence-electron chi connectivity index (χ4n) is 1.13. The van der Waals surface area contributed by atoms with Crippen molar-refractivity contribution in [2.24, 2.45) is 0 Å². The van der Waals surface area contributed by atoms with Gasteiger partial charge in [-0.15, -0.1) is 0 Å². The van der Waals surface area contributed by atoms with Crippen LogP contribution in [-0.2, 0) is 14.8 Å². The largest absolute Gasteiger partial charge is 0.389 e. The molecule has 0 aliphatic rings. The SMILES string of the molecule is CCC[C@H](C)S(=O)(=O)NC(=O)CCC(F)(F)F. The lowest BCUT2D eigenvalue weighted by molar-refractivity contribution is -0.143. The number of rotatable bonds is 6. The molecule has 1 N–H and O–H groups in total. The molecule has 1 amide bonds. The summed E-state index contributed by atoms with van der Waals surface area (Å²) < 4.78 is 59.9. The fourth-order valence-corrected chi connectivity index (χ4v) is 2.29. The number of nitrogens with one attached hydrogen (secondary N) is 1. The van der Waals surface area contributed by atoms with E-state index in [-0.39, 0.29) is 0 Å². The van der Waals surface area contributed by atoms with Crippen molar-refractivity contribution in [3.05, 3.63) is 0 Å². The second-order valence-corrected chi connectivity index (χ2v) is 5.88. The standard InChI is InChI=1S/C9H16F3NO3S/c1-3-4-7(2)17(15,16)13-8(14)5-6-9(10,11)12/h7H,3-6H2,1-2H3,(H,13,14)/t7-/m0/s1. The van der Waals surface area contributed by atoms with E-state index in [0.29, 0.717) is 12.8 Å². The van der Waals surface area contributed by atoms with Crippen LogP contribution >= 0.6 is 0 Å². The summed E-state index contributed by atoms with van der Waals surface area (Å²) in [6, 6.07) is 0. The number of amides is 1. The van der Waals surface area contributed by atoms with Crippen molar-refractivity contribution < 1.29 is 26.4 Å². The van der Waals surface area contributed by atoms with Crippen LogP contribution in [0, 0.1) is 0 Å². The number of alkyl halides is 3. The Bertz CT molecular complexity index is 351.